The van der Waals surface area contributed by atoms with Crippen molar-refractivity contribution in [2.75, 3.05) is 0 Å². The second-order valence-corrected chi connectivity index (χ2v) is 4.26. The highest BCUT2D eigenvalue weighted by atomic mass is 79.9. The summed E-state index contributed by atoms with van der Waals surface area (Å²) in [6.07, 6.45) is 3.67. The van der Waals surface area contributed by atoms with Crippen LogP contribution in [-0.4, -0.2) is 9.78 Å². The molecule has 0 saturated carbocycles. The van der Waals surface area contributed by atoms with E-state index in [2.05, 4.69) is 37.0 Å². The zero-order chi connectivity index (χ0) is 9.26. The van der Waals surface area contributed by atoms with Crippen molar-refractivity contribution in [3.05, 3.63) is 45.6 Å². The number of benzene rings is 1. The number of hydrogen-bond acceptors (Lipinski definition) is 1. The Balaban J connectivity index is 2.49. The van der Waals surface area contributed by atoms with E-state index >= 15 is 0 Å². The molecule has 0 saturated heterocycles. The van der Waals surface area contributed by atoms with Gasteiger partial charge in [0.05, 0.1) is 5.69 Å². The summed E-state index contributed by atoms with van der Waals surface area (Å²) in [6, 6.07) is 7.90. The molecule has 13 heavy (non-hydrogen) atoms. The van der Waals surface area contributed by atoms with Crippen molar-refractivity contribution in [1.82, 2.24) is 9.78 Å². The Labute approximate surface area is 92.8 Å². The topological polar surface area (TPSA) is 17.8 Å². The predicted molar refractivity (Wildman–Crippen MR) is 59.0 cm³/mol. The summed E-state index contributed by atoms with van der Waals surface area (Å²) in [5, 5.41) is 4.14. The molecule has 0 spiro atoms. The highest BCUT2D eigenvalue weighted by molar-refractivity contribution is 9.13. The third kappa shape index (κ3) is 1.84. The van der Waals surface area contributed by atoms with E-state index in [9.17, 15) is 0 Å². The van der Waals surface area contributed by atoms with E-state index < -0.39 is 0 Å². The van der Waals surface area contributed by atoms with E-state index in [1.807, 2.05) is 35.1 Å². The fourth-order valence-electron chi connectivity index (χ4n) is 1.05. The summed E-state index contributed by atoms with van der Waals surface area (Å²) in [6.45, 7) is 0. The molecule has 2 aromatic rings. The molecule has 4 heteroatoms. The minimum Gasteiger partial charge on any atom is -0.241 e. The lowest BCUT2D eigenvalue weighted by Crippen LogP contribution is -1.93. The number of hydrogen-bond donors (Lipinski definition) is 0. The van der Waals surface area contributed by atoms with Crippen LogP contribution < -0.4 is 0 Å². The summed E-state index contributed by atoms with van der Waals surface area (Å²) in [4.78, 5) is 0. The Morgan fingerprint density at radius 1 is 1.15 bits per heavy atom. The van der Waals surface area contributed by atoms with Crippen molar-refractivity contribution in [1.29, 1.82) is 0 Å². The highest BCUT2D eigenvalue weighted by Gasteiger charge is 1.99. The molecule has 0 bridgehead atoms. The van der Waals surface area contributed by atoms with Crippen LogP contribution in [0.4, 0.5) is 0 Å². The predicted octanol–water partition coefficient (Wildman–Crippen LogP) is 3.40. The Kier molecular flexibility index (Phi) is 2.51. The second kappa shape index (κ2) is 3.64. The van der Waals surface area contributed by atoms with E-state index in [-0.39, 0.29) is 0 Å². The van der Waals surface area contributed by atoms with Crippen LogP contribution in [0.3, 0.4) is 0 Å². The Hall–Kier alpha value is -0.610. The Morgan fingerprint density at radius 3 is 2.62 bits per heavy atom. The van der Waals surface area contributed by atoms with Gasteiger partial charge in [-0.25, -0.2) is 4.68 Å². The molecule has 0 radical (unpaired) electrons. The zero-order valence-corrected chi connectivity index (χ0v) is 9.79. The van der Waals surface area contributed by atoms with Crippen LogP contribution in [-0.2, 0) is 0 Å². The average molecular weight is 302 g/mol. The summed E-state index contributed by atoms with van der Waals surface area (Å²) in [5.41, 5.74) is 1.04. The van der Waals surface area contributed by atoms with E-state index in [1.54, 1.807) is 6.20 Å². The summed E-state index contributed by atoms with van der Waals surface area (Å²) >= 11 is 6.86. The van der Waals surface area contributed by atoms with Gasteiger partial charge in [0.1, 0.15) is 0 Å². The minimum atomic E-state index is 1.03. The molecule has 0 fully saturated rings. The first kappa shape index (κ1) is 8.97. The molecule has 0 amide bonds. The first-order chi connectivity index (χ1) is 6.27. The second-order valence-electron chi connectivity index (χ2n) is 2.55. The van der Waals surface area contributed by atoms with Gasteiger partial charge in [0.25, 0.3) is 0 Å². The maximum atomic E-state index is 4.14. The van der Waals surface area contributed by atoms with E-state index in [4.69, 9.17) is 0 Å². The third-order valence-corrected chi connectivity index (χ3v) is 3.55. The first-order valence-electron chi connectivity index (χ1n) is 3.72. The van der Waals surface area contributed by atoms with Crippen molar-refractivity contribution in [2.45, 2.75) is 0 Å². The number of aromatic nitrogens is 2. The molecule has 1 aromatic carbocycles. The average Bonchev–Trinajstić information content (AvgIpc) is 2.62. The van der Waals surface area contributed by atoms with Crippen LogP contribution >= 0.6 is 31.9 Å². The van der Waals surface area contributed by atoms with E-state index in [0.717, 1.165) is 14.6 Å². The van der Waals surface area contributed by atoms with E-state index in [0.29, 0.717) is 0 Å². The van der Waals surface area contributed by atoms with Crippen LogP contribution in [0.15, 0.2) is 45.6 Å². The highest BCUT2D eigenvalue weighted by Crippen LogP contribution is 2.24. The summed E-state index contributed by atoms with van der Waals surface area (Å²) in [5.74, 6) is 0. The molecule has 0 atom stereocenters. The number of nitrogens with zero attached hydrogens (tertiary/aromatic N) is 2. The Bertz CT molecular complexity index is 410. The molecule has 0 unspecified atom stereocenters. The first-order valence-corrected chi connectivity index (χ1v) is 5.31. The number of rotatable bonds is 1. The molecule has 2 rings (SSSR count). The van der Waals surface area contributed by atoms with Crippen molar-refractivity contribution < 1.29 is 0 Å². The molecule has 0 aliphatic rings. The molecular weight excluding hydrogens is 296 g/mol. The van der Waals surface area contributed by atoms with Gasteiger partial charge < -0.3 is 0 Å². The SMILES string of the molecule is Brc1ccc(-n2cccn2)cc1Br. The van der Waals surface area contributed by atoms with Crippen molar-refractivity contribution in [3.8, 4) is 5.69 Å². The normalized spacial score (nSPS) is 10.3. The molecule has 1 aromatic heterocycles. The summed E-state index contributed by atoms with van der Waals surface area (Å²) < 4.78 is 3.89. The fourth-order valence-corrected chi connectivity index (χ4v) is 1.66. The Morgan fingerprint density at radius 2 is 2.00 bits per heavy atom. The van der Waals surface area contributed by atoms with Crippen LogP contribution in [0.25, 0.3) is 5.69 Å². The maximum Gasteiger partial charge on any atom is 0.0657 e. The van der Waals surface area contributed by atoms with Crippen molar-refractivity contribution in [3.63, 3.8) is 0 Å². The van der Waals surface area contributed by atoms with Gasteiger partial charge in [0.2, 0.25) is 0 Å². The van der Waals surface area contributed by atoms with E-state index in [1.165, 1.54) is 0 Å². The fraction of sp³-hybridized carbons (Fsp3) is 0. The van der Waals surface area contributed by atoms with Gasteiger partial charge in [-0.1, -0.05) is 0 Å². The van der Waals surface area contributed by atoms with Gasteiger partial charge in [-0.05, 0) is 56.1 Å². The van der Waals surface area contributed by atoms with Gasteiger partial charge in [-0.3, -0.25) is 0 Å². The third-order valence-electron chi connectivity index (χ3n) is 1.67. The van der Waals surface area contributed by atoms with Crippen LogP contribution in [0.2, 0.25) is 0 Å². The van der Waals surface area contributed by atoms with Gasteiger partial charge in [-0.2, -0.15) is 5.10 Å². The molecule has 0 aliphatic heterocycles. The molecule has 66 valence electrons. The largest absolute Gasteiger partial charge is 0.241 e. The molecule has 0 N–H and O–H groups in total. The van der Waals surface area contributed by atoms with Crippen LogP contribution in [0.1, 0.15) is 0 Å². The lowest BCUT2D eigenvalue weighted by Gasteiger charge is -2.02. The van der Waals surface area contributed by atoms with Gasteiger partial charge in [-0.15, -0.1) is 0 Å². The minimum absolute atomic E-state index is 1.03. The lowest BCUT2D eigenvalue weighted by molar-refractivity contribution is 0.879. The smallest absolute Gasteiger partial charge is 0.0657 e. The lowest BCUT2D eigenvalue weighted by atomic mass is 10.3. The maximum absolute atomic E-state index is 4.14. The molecular formula is C9H6Br2N2. The van der Waals surface area contributed by atoms with Crippen LogP contribution in [0, 0.1) is 0 Å². The summed E-state index contributed by atoms with van der Waals surface area (Å²) in [7, 11) is 0. The van der Waals surface area contributed by atoms with Crippen LogP contribution in [0.5, 0.6) is 0 Å². The van der Waals surface area contributed by atoms with Gasteiger partial charge in [0, 0.05) is 21.3 Å². The van der Waals surface area contributed by atoms with Crippen molar-refractivity contribution in [2.24, 2.45) is 0 Å². The zero-order valence-electron chi connectivity index (χ0n) is 6.61. The standard InChI is InChI=1S/C9H6Br2N2/c10-8-3-2-7(6-9(8)11)13-5-1-4-12-13/h1-6H. The molecule has 2 nitrogen and oxygen atoms in total. The number of halogens is 2. The quantitative estimate of drug-likeness (QED) is 0.789. The van der Waals surface area contributed by atoms with Gasteiger partial charge in [0.15, 0.2) is 0 Å². The monoisotopic (exact) mass is 300 g/mol. The van der Waals surface area contributed by atoms with Crippen molar-refractivity contribution >= 4 is 31.9 Å². The molecule has 0 aliphatic carbocycles. The molecule has 1 heterocycles. The van der Waals surface area contributed by atoms with Gasteiger partial charge >= 0.3 is 0 Å².